The van der Waals surface area contributed by atoms with Crippen LogP contribution < -0.4 is 0 Å². The smallest absolute Gasteiger partial charge is 0.167 e. The number of rotatable bonds is 1. The summed E-state index contributed by atoms with van der Waals surface area (Å²) in [5.41, 5.74) is -0.252. The summed E-state index contributed by atoms with van der Waals surface area (Å²) in [6.07, 6.45) is 7.24. The normalized spacial score (nSPS) is 55.7. The van der Waals surface area contributed by atoms with Crippen LogP contribution >= 0.6 is 0 Å². The summed E-state index contributed by atoms with van der Waals surface area (Å²) in [4.78, 5) is 2.27. The van der Waals surface area contributed by atoms with Gasteiger partial charge in [0.05, 0.1) is 18.8 Å². The summed E-state index contributed by atoms with van der Waals surface area (Å²) in [7, 11) is 2.09. The van der Waals surface area contributed by atoms with E-state index in [0.717, 1.165) is 37.1 Å². The van der Waals surface area contributed by atoms with Crippen molar-refractivity contribution in [2.24, 2.45) is 16.7 Å². The number of ether oxygens (including phenoxy) is 2. The van der Waals surface area contributed by atoms with Crippen LogP contribution in [0.4, 0.5) is 0 Å². The second-order valence-corrected chi connectivity index (χ2v) is 11.2. The fourth-order valence-electron chi connectivity index (χ4n) is 8.63. The number of likely N-dealkylation sites (N-methyl/N-ethyl adjacent to an activating group) is 1. The van der Waals surface area contributed by atoms with Crippen molar-refractivity contribution in [2.75, 3.05) is 26.7 Å². The van der Waals surface area contributed by atoms with Crippen molar-refractivity contribution in [3.63, 3.8) is 0 Å². The van der Waals surface area contributed by atoms with Crippen LogP contribution in [0.3, 0.4) is 0 Å². The summed E-state index contributed by atoms with van der Waals surface area (Å²) in [6, 6.07) is 0. The van der Waals surface area contributed by atoms with Gasteiger partial charge in [-0.1, -0.05) is 19.1 Å². The van der Waals surface area contributed by atoms with Crippen molar-refractivity contribution in [3.05, 3.63) is 23.3 Å². The van der Waals surface area contributed by atoms with E-state index < -0.39 is 34.6 Å². The summed E-state index contributed by atoms with van der Waals surface area (Å²) < 4.78 is 13.4. The molecule has 30 heavy (non-hydrogen) atoms. The molecule has 1 spiro atoms. The third-order valence-electron chi connectivity index (χ3n) is 9.90. The average molecular weight is 418 g/mol. The predicted molar refractivity (Wildman–Crippen MR) is 111 cm³/mol. The topological polar surface area (TPSA) is 82.4 Å². The van der Waals surface area contributed by atoms with Crippen LogP contribution in [0.15, 0.2) is 23.3 Å². The molecule has 3 aliphatic heterocycles. The van der Waals surface area contributed by atoms with Gasteiger partial charge in [-0.25, -0.2) is 0 Å². The van der Waals surface area contributed by atoms with Gasteiger partial charge in [-0.3, -0.25) is 0 Å². The highest BCUT2D eigenvalue weighted by Crippen LogP contribution is 2.74. The molecule has 6 heteroatoms. The monoisotopic (exact) mass is 417 g/mol. The highest BCUT2D eigenvalue weighted by molar-refractivity contribution is 5.52. The molecular weight excluding hydrogens is 382 g/mol. The molecule has 7 aliphatic rings. The first-order chi connectivity index (χ1) is 14.1. The van der Waals surface area contributed by atoms with Crippen LogP contribution in [-0.4, -0.2) is 76.2 Å². The minimum absolute atomic E-state index is 0.225. The van der Waals surface area contributed by atoms with Crippen LogP contribution in [-0.2, 0) is 9.47 Å². The van der Waals surface area contributed by atoms with Gasteiger partial charge in [0.15, 0.2) is 5.79 Å². The lowest BCUT2D eigenvalue weighted by molar-refractivity contribution is -0.401. The second kappa shape index (κ2) is 5.77. The molecule has 2 saturated carbocycles. The zero-order chi connectivity index (χ0) is 21.2. The summed E-state index contributed by atoms with van der Waals surface area (Å²) >= 11 is 0. The van der Waals surface area contributed by atoms with Crippen molar-refractivity contribution in [3.8, 4) is 0 Å². The lowest BCUT2D eigenvalue weighted by Gasteiger charge is -2.73. The molecule has 3 heterocycles. The Bertz CT molecular complexity index is 855. The molecule has 0 aromatic heterocycles. The lowest BCUT2D eigenvalue weighted by atomic mass is 9.41. The maximum absolute atomic E-state index is 11.9. The Morgan fingerprint density at radius 1 is 1.23 bits per heavy atom. The Balaban J connectivity index is 1.60. The first kappa shape index (κ1) is 19.9. The number of hydrogen-bond acceptors (Lipinski definition) is 6. The first-order valence-corrected chi connectivity index (χ1v) is 11.7. The van der Waals surface area contributed by atoms with Gasteiger partial charge in [0.1, 0.15) is 11.2 Å². The zero-order valence-corrected chi connectivity index (χ0v) is 18.4. The number of hydrogen-bond donors (Lipinski definition) is 3. The van der Waals surface area contributed by atoms with Crippen molar-refractivity contribution >= 4 is 0 Å². The molecular formula is C24H35NO5. The summed E-state index contributed by atoms with van der Waals surface area (Å²) in [6.45, 7) is 6.24. The fourth-order valence-corrected chi connectivity index (χ4v) is 8.63. The van der Waals surface area contributed by atoms with Crippen molar-refractivity contribution in [1.82, 2.24) is 4.90 Å². The van der Waals surface area contributed by atoms with E-state index in [2.05, 4.69) is 31.0 Å². The van der Waals surface area contributed by atoms with E-state index in [0.29, 0.717) is 38.2 Å². The molecule has 0 aromatic rings. The zero-order valence-electron chi connectivity index (χ0n) is 18.4. The fraction of sp³-hybridized carbons (Fsp3) is 0.833. The average Bonchev–Trinajstić information content (AvgIpc) is 2.88. The quantitative estimate of drug-likeness (QED) is 0.564. The Kier molecular flexibility index (Phi) is 3.83. The molecule has 3 N–H and O–H groups in total. The first-order valence-electron chi connectivity index (χ1n) is 11.7. The molecule has 166 valence electrons. The highest BCUT2D eigenvalue weighted by Gasteiger charge is 2.79. The van der Waals surface area contributed by atoms with E-state index in [-0.39, 0.29) is 5.41 Å². The Hall–Kier alpha value is -0.760. The van der Waals surface area contributed by atoms with E-state index in [1.807, 2.05) is 6.92 Å². The maximum atomic E-state index is 11.9. The van der Waals surface area contributed by atoms with Crippen LogP contribution in [0.5, 0.6) is 0 Å². The van der Waals surface area contributed by atoms with Crippen molar-refractivity contribution in [2.45, 2.75) is 81.6 Å². The molecule has 0 amide bonds. The highest BCUT2D eigenvalue weighted by atomic mass is 16.7. The summed E-state index contributed by atoms with van der Waals surface area (Å²) in [5, 5.41) is 33.9. The number of allylic oxidation sites excluding steroid dienone is 1. The van der Waals surface area contributed by atoms with Gasteiger partial charge < -0.3 is 29.7 Å². The maximum Gasteiger partial charge on any atom is 0.167 e. The second-order valence-electron chi connectivity index (χ2n) is 11.2. The molecule has 4 aliphatic carbocycles. The number of aliphatic hydroxyl groups excluding tert-OH is 2. The molecule has 0 radical (unpaired) electrons. The lowest BCUT2D eigenvalue weighted by Crippen LogP contribution is -2.79. The third-order valence-corrected chi connectivity index (χ3v) is 9.90. The third kappa shape index (κ3) is 1.98. The number of nitrogens with zero attached hydrogens (tertiary/aromatic N) is 1. The van der Waals surface area contributed by atoms with Gasteiger partial charge in [0.2, 0.25) is 0 Å². The molecule has 6 nitrogen and oxygen atoms in total. The Labute approximate surface area is 178 Å². The van der Waals surface area contributed by atoms with Crippen molar-refractivity contribution in [1.29, 1.82) is 0 Å². The van der Waals surface area contributed by atoms with Crippen molar-refractivity contribution < 1.29 is 24.8 Å². The van der Waals surface area contributed by atoms with Crippen LogP contribution in [0.2, 0.25) is 0 Å². The van der Waals surface area contributed by atoms with Gasteiger partial charge in [0.25, 0.3) is 0 Å². The van der Waals surface area contributed by atoms with Gasteiger partial charge in [-0.2, -0.15) is 0 Å². The predicted octanol–water partition coefficient (Wildman–Crippen LogP) is 1.74. The molecule has 5 fully saturated rings. The van der Waals surface area contributed by atoms with Crippen LogP contribution in [0.25, 0.3) is 0 Å². The van der Waals surface area contributed by atoms with Gasteiger partial charge in [0, 0.05) is 36.8 Å². The largest absolute Gasteiger partial charge is 0.390 e. The summed E-state index contributed by atoms with van der Waals surface area (Å²) in [5.74, 6) is -0.869. The minimum Gasteiger partial charge on any atom is -0.390 e. The number of aliphatic hydroxyl groups is 3. The molecule has 0 aromatic carbocycles. The molecule has 4 bridgehead atoms. The SMILES string of the molecule is CC(O)C1=CC[C@@]23OCCN(C)CC12C[C@@H](O)C12O[C@@]4(O)CC[C@@]1(C)[C@H](CC=C23)C4. The molecule has 8 atom stereocenters. The molecule has 3 saturated heterocycles. The molecule has 3 unspecified atom stereocenters. The van der Waals surface area contributed by atoms with E-state index in [4.69, 9.17) is 9.47 Å². The standard InChI is InChI=1S/C24H35NO5/c1-15(26)17-6-7-23-18-5-4-16-12-22(28)9-8-20(16,2)24(18,30-22)19(27)13-21(17,23)14-25(3)10-11-29-23/h5-6,15-16,19,26-28H,4,7-14H2,1-3H3/t15?,16-,19-,20+,21?,22+,23+,24?/m1/s1. The Morgan fingerprint density at radius 3 is 2.80 bits per heavy atom. The molecule has 7 rings (SSSR count). The van der Waals surface area contributed by atoms with Crippen LogP contribution in [0, 0.1) is 16.7 Å². The number of fused-ring (bicyclic) bond motifs is 1. The minimum atomic E-state index is -1.17. The van der Waals surface area contributed by atoms with Gasteiger partial charge in [-0.15, -0.1) is 0 Å². The van der Waals surface area contributed by atoms with Gasteiger partial charge >= 0.3 is 0 Å². The van der Waals surface area contributed by atoms with E-state index in [1.165, 1.54) is 0 Å². The van der Waals surface area contributed by atoms with Gasteiger partial charge in [-0.05, 0) is 56.7 Å². The van der Waals surface area contributed by atoms with E-state index in [9.17, 15) is 15.3 Å². The van der Waals surface area contributed by atoms with E-state index in [1.54, 1.807) is 0 Å². The van der Waals surface area contributed by atoms with E-state index >= 15 is 0 Å². The Morgan fingerprint density at radius 2 is 2.03 bits per heavy atom. The van der Waals surface area contributed by atoms with Crippen LogP contribution in [0.1, 0.15) is 52.4 Å².